The van der Waals surface area contributed by atoms with E-state index in [9.17, 15) is 5.11 Å². The molecular formula is C19H22O3. The van der Waals surface area contributed by atoms with E-state index < -0.39 is 12.2 Å². The van der Waals surface area contributed by atoms with E-state index in [1.807, 2.05) is 25.1 Å². The van der Waals surface area contributed by atoms with Crippen molar-refractivity contribution < 1.29 is 14.6 Å². The van der Waals surface area contributed by atoms with Gasteiger partial charge in [0.25, 0.3) is 0 Å². The third kappa shape index (κ3) is 2.68. The molecule has 116 valence electrons. The van der Waals surface area contributed by atoms with Crippen LogP contribution >= 0.6 is 0 Å². The van der Waals surface area contributed by atoms with Gasteiger partial charge in [0.2, 0.25) is 0 Å². The molecule has 4 atom stereocenters. The highest BCUT2D eigenvalue weighted by Gasteiger charge is 2.39. The van der Waals surface area contributed by atoms with Crippen molar-refractivity contribution in [2.24, 2.45) is 5.92 Å². The summed E-state index contributed by atoms with van der Waals surface area (Å²) in [6, 6.07) is 14.4. The molecule has 0 aliphatic carbocycles. The highest BCUT2D eigenvalue weighted by molar-refractivity contribution is 5.86. The molecule has 1 N–H and O–H groups in total. The van der Waals surface area contributed by atoms with Gasteiger partial charge in [-0.25, -0.2) is 0 Å². The van der Waals surface area contributed by atoms with Crippen LogP contribution in [0.15, 0.2) is 49.0 Å². The van der Waals surface area contributed by atoms with Crippen molar-refractivity contribution in [2.75, 3.05) is 13.7 Å². The predicted octanol–water partition coefficient (Wildman–Crippen LogP) is 3.26. The molecule has 2 aromatic rings. The quantitative estimate of drug-likeness (QED) is 0.945. The van der Waals surface area contributed by atoms with Gasteiger partial charge in [-0.2, -0.15) is 0 Å². The molecule has 0 amide bonds. The van der Waals surface area contributed by atoms with Gasteiger partial charge in [0.15, 0.2) is 0 Å². The summed E-state index contributed by atoms with van der Waals surface area (Å²) in [7, 11) is 1.63. The van der Waals surface area contributed by atoms with Gasteiger partial charge in [-0.15, -0.1) is 0 Å². The van der Waals surface area contributed by atoms with Crippen LogP contribution in [0.5, 0.6) is 0 Å². The number of ether oxygens (including phenoxy) is 2. The molecule has 1 aliphatic heterocycles. The van der Waals surface area contributed by atoms with E-state index in [0.717, 1.165) is 16.5 Å². The molecule has 3 nitrogen and oxygen atoms in total. The van der Waals surface area contributed by atoms with Gasteiger partial charge in [-0.05, 0) is 28.0 Å². The van der Waals surface area contributed by atoms with Gasteiger partial charge in [-0.1, -0.05) is 49.9 Å². The Morgan fingerprint density at radius 1 is 1.23 bits per heavy atom. The predicted molar refractivity (Wildman–Crippen MR) is 88.7 cm³/mol. The number of rotatable bonds is 3. The zero-order valence-electron chi connectivity index (χ0n) is 13.0. The van der Waals surface area contributed by atoms with Gasteiger partial charge in [0.05, 0.1) is 12.7 Å². The summed E-state index contributed by atoms with van der Waals surface area (Å²) in [5.74, 6) is 0.167. The largest absolute Gasteiger partial charge is 0.387 e. The Bertz CT molecular complexity index is 679. The Kier molecular flexibility index (Phi) is 4.30. The van der Waals surface area contributed by atoms with Crippen molar-refractivity contribution in [3.63, 3.8) is 0 Å². The lowest BCUT2D eigenvalue weighted by molar-refractivity contribution is -0.151. The number of aliphatic hydroxyl groups excluding tert-OH is 1. The maximum absolute atomic E-state index is 10.5. The Balaban J connectivity index is 1.88. The van der Waals surface area contributed by atoms with Crippen LogP contribution in [0.3, 0.4) is 0 Å². The lowest BCUT2D eigenvalue weighted by Gasteiger charge is -2.39. The summed E-state index contributed by atoms with van der Waals surface area (Å²) >= 11 is 0. The SMILES string of the molecule is C=C(c1ccc2ccccc2c1)[C@@H]1OC[C@H](C)[C@H](OC)[C@H]1O. The fourth-order valence-electron chi connectivity index (χ4n) is 3.19. The molecule has 3 rings (SSSR count). The van der Waals surface area contributed by atoms with Gasteiger partial charge < -0.3 is 14.6 Å². The van der Waals surface area contributed by atoms with Crippen LogP contribution in [-0.2, 0) is 9.47 Å². The third-order valence-corrected chi connectivity index (χ3v) is 4.48. The van der Waals surface area contributed by atoms with E-state index in [1.165, 1.54) is 5.39 Å². The normalized spacial score (nSPS) is 28.7. The monoisotopic (exact) mass is 298 g/mol. The van der Waals surface area contributed by atoms with E-state index in [4.69, 9.17) is 9.47 Å². The minimum absolute atomic E-state index is 0.167. The van der Waals surface area contributed by atoms with E-state index in [-0.39, 0.29) is 12.0 Å². The molecule has 0 unspecified atom stereocenters. The zero-order chi connectivity index (χ0) is 15.7. The Hall–Kier alpha value is -1.68. The minimum atomic E-state index is -0.701. The highest BCUT2D eigenvalue weighted by Crippen LogP contribution is 2.31. The second kappa shape index (κ2) is 6.21. The van der Waals surface area contributed by atoms with Crippen molar-refractivity contribution in [1.82, 2.24) is 0 Å². The first-order valence-electron chi connectivity index (χ1n) is 7.62. The van der Waals surface area contributed by atoms with Gasteiger partial charge in [0, 0.05) is 13.0 Å². The van der Waals surface area contributed by atoms with Crippen molar-refractivity contribution in [2.45, 2.75) is 25.2 Å². The molecule has 0 bridgehead atoms. The van der Waals surface area contributed by atoms with Crippen LogP contribution in [0.4, 0.5) is 0 Å². The molecule has 22 heavy (non-hydrogen) atoms. The molecule has 0 radical (unpaired) electrons. The summed E-state index contributed by atoms with van der Waals surface area (Å²) in [5, 5.41) is 12.9. The molecule has 1 heterocycles. The maximum atomic E-state index is 10.5. The number of hydrogen-bond donors (Lipinski definition) is 1. The molecule has 1 fully saturated rings. The average Bonchev–Trinajstić information content (AvgIpc) is 2.54. The second-order valence-electron chi connectivity index (χ2n) is 6.01. The van der Waals surface area contributed by atoms with E-state index in [2.05, 4.69) is 30.8 Å². The first kappa shape index (κ1) is 15.2. The standard InChI is InChI=1S/C19H22O3/c1-12-11-22-19(17(20)18(12)21-3)13(2)15-9-8-14-6-4-5-7-16(14)10-15/h4-10,12,17-20H,2,11H2,1,3H3/t12-,17+,18-,19-/m0/s1. The summed E-state index contributed by atoms with van der Waals surface area (Å²) < 4.78 is 11.3. The molecule has 0 saturated carbocycles. The molecule has 3 heteroatoms. The lowest BCUT2D eigenvalue weighted by atomic mass is 9.87. The average molecular weight is 298 g/mol. The molecule has 2 aromatic carbocycles. The fourth-order valence-corrected chi connectivity index (χ4v) is 3.19. The lowest BCUT2D eigenvalue weighted by Crippen LogP contribution is -2.50. The van der Waals surface area contributed by atoms with Crippen LogP contribution in [0, 0.1) is 5.92 Å². The number of hydrogen-bond acceptors (Lipinski definition) is 3. The molecule has 1 aliphatic rings. The third-order valence-electron chi connectivity index (χ3n) is 4.48. The Morgan fingerprint density at radius 3 is 2.68 bits per heavy atom. The number of benzene rings is 2. The number of methoxy groups -OCH3 is 1. The van der Waals surface area contributed by atoms with Crippen LogP contribution in [-0.4, -0.2) is 37.1 Å². The number of fused-ring (bicyclic) bond motifs is 1. The fraction of sp³-hybridized carbons (Fsp3) is 0.368. The van der Waals surface area contributed by atoms with Crippen LogP contribution in [0.2, 0.25) is 0 Å². The summed E-state index contributed by atoms with van der Waals surface area (Å²) in [4.78, 5) is 0. The van der Waals surface area contributed by atoms with Crippen LogP contribution < -0.4 is 0 Å². The molecule has 0 aromatic heterocycles. The molecule has 0 spiro atoms. The maximum Gasteiger partial charge on any atom is 0.111 e. The van der Waals surface area contributed by atoms with Gasteiger partial charge >= 0.3 is 0 Å². The van der Waals surface area contributed by atoms with Crippen molar-refractivity contribution in [3.8, 4) is 0 Å². The van der Waals surface area contributed by atoms with Crippen molar-refractivity contribution in [3.05, 3.63) is 54.6 Å². The van der Waals surface area contributed by atoms with Gasteiger partial charge in [0.1, 0.15) is 12.2 Å². The van der Waals surface area contributed by atoms with Crippen molar-refractivity contribution in [1.29, 1.82) is 0 Å². The molecular weight excluding hydrogens is 276 g/mol. The first-order valence-corrected chi connectivity index (χ1v) is 7.62. The van der Waals surface area contributed by atoms with Gasteiger partial charge in [-0.3, -0.25) is 0 Å². The Labute approximate surface area is 131 Å². The van der Waals surface area contributed by atoms with E-state index in [1.54, 1.807) is 7.11 Å². The van der Waals surface area contributed by atoms with Crippen molar-refractivity contribution >= 4 is 16.3 Å². The van der Waals surface area contributed by atoms with E-state index >= 15 is 0 Å². The smallest absolute Gasteiger partial charge is 0.111 e. The van der Waals surface area contributed by atoms with Crippen LogP contribution in [0.1, 0.15) is 12.5 Å². The highest BCUT2D eigenvalue weighted by atomic mass is 16.5. The summed E-state index contributed by atoms with van der Waals surface area (Å²) in [6.45, 7) is 6.74. The first-order chi connectivity index (χ1) is 10.6. The van der Waals surface area contributed by atoms with Crippen LogP contribution in [0.25, 0.3) is 16.3 Å². The van der Waals surface area contributed by atoms with E-state index in [0.29, 0.717) is 6.61 Å². The minimum Gasteiger partial charge on any atom is -0.387 e. The Morgan fingerprint density at radius 2 is 1.95 bits per heavy atom. The summed E-state index contributed by atoms with van der Waals surface area (Å²) in [6.07, 6.45) is -1.36. The number of aliphatic hydroxyl groups is 1. The topological polar surface area (TPSA) is 38.7 Å². The summed E-state index contributed by atoms with van der Waals surface area (Å²) in [5.41, 5.74) is 1.79. The molecule has 1 saturated heterocycles. The second-order valence-corrected chi connectivity index (χ2v) is 6.01. The zero-order valence-corrected chi connectivity index (χ0v) is 13.0.